The fourth-order valence-electron chi connectivity index (χ4n) is 4.53. The van der Waals surface area contributed by atoms with Gasteiger partial charge < -0.3 is 9.80 Å². The Morgan fingerprint density at radius 3 is 2.31 bits per heavy atom. The number of amides is 1. The first kappa shape index (κ1) is 20.5. The summed E-state index contributed by atoms with van der Waals surface area (Å²) in [6.45, 7) is 1.58. The predicted octanol–water partition coefficient (Wildman–Crippen LogP) is 3.09. The van der Waals surface area contributed by atoms with Gasteiger partial charge in [-0.3, -0.25) is 4.79 Å². The van der Waals surface area contributed by atoms with Gasteiger partial charge in [0.05, 0.1) is 5.69 Å². The second-order valence-corrected chi connectivity index (χ2v) is 9.19. The maximum absolute atomic E-state index is 12.5. The number of carbonyl (C=O) groups is 1. The summed E-state index contributed by atoms with van der Waals surface area (Å²) in [5.74, 6) is 1.63. The van der Waals surface area contributed by atoms with Gasteiger partial charge >= 0.3 is 5.69 Å². The van der Waals surface area contributed by atoms with Gasteiger partial charge in [0.1, 0.15) is 5.82 Å². The summed E-state index contributed by atoms with van der Waals surface area (Å²) >= 11 is 0. The molecule has 0 unspecified atom stereocenters. The van der Waals surface area contributed by atoms with Crippen molar-refractivity contribution in [1.29, 1.82) is 0 Å². The van der Waals surface area contributed by atoms with Crippen LogP contribution in [0.1, 0.15) is 25.1 Å². The number of H-pyrrole nitrogens is 1. The van der Waals surface area contributed by atoms with Crippen LogP contribution in [0.5, 0.6) is 0 Å². The first-order valence-electron chi connectivity index (χ1n) is 11.3. The Morgan fingerprint density at radius 2 is 1.69 bits per heavy atom. The maximum atomic E-state index is 12.5. The monoisotopic (exact) mass is 431 g/mol. The topological polar surface area (TPSA) is 74.2 Å². The van der Waals surface area contributed by atoms with Crippen LogP contribution in [0.3, 0.4) is 0 Å². The number of rotatable bonds is 6. The summed E-state index contributed by atoms with van der Waals surface area (Å²) in [4.78, 5) is 28.9. The number of nitrogens with zero attached hydrogens (tertiary/aromatic N) is 4. The number of aromatic amines is 1. The lowest BCUT2D eigenvalue weighted by Crippen LogP contribution is -2.30. The second-order valence-electron chi connectivity index (χ2n) is 9.19. The first-order valence-corrected chi connectivity index (χ1v) is 11.3. The van der Waals surface area contributed by atoms with E-state index in [0.717, 1.165) is 60.7 Å². The van der Waals surface area contributed by atoms with Crippen LogP contribution in [-0.2, 0) is 11.2 Å². The lowest BCUT2D eigenvalue weighted by atomic mass is 10.0. The summed E-state index contributed by atoms with van der Waals surface area (Å²) in [7, 11) is 4.05. The average Bonchev–Trinajstić information content (AvgIpc) is 3.45. The highest BCUT2D eigenvalue weighted by molar-refractivity contribution is 5.81. The molecule has 1 amide bonds. The minimum atomic E-state index is -0.230. The Hall–Kier alpha value is -3.35. The molecular formula is C25H29N5O2. The molecule has 2 aliphatic rings. The molecular weight excluding hydrogens is 402 g/mol. The Labute approximate surface area is 187 Å². The van der Waals surface area contributed by atoms with Crippen LogP contribution in [-0.4, -0.2) is 52.8 Å². The third-order valence-corrected chi connectivity index (χ3v) is 6.58. The summed E-state index contributed by atoms with van der Waals surface area (Å²) in [6, 6.07) is 16.4. The van der Waals surface area contributed by atoms with Gasteiger partial charge in [-0.05, 0) is 60.6 Å². The van der Waals surface area contributed by atoms with E-state index in [-0.39, 0.29) is 11.6 Å². The highest BCUT2D eigenvalue weighted by atomic mass is 16.2. The molecule has 2 fully saturated rings. The van der Waals surface area contributed by atoms with Crippen molar-refractivity contribution in [3.05, 3.63) is 64.8 Å². The molecule has 0 radical (unpaired) electrons. The minimum Gasteiger partial charge on any atom is -0.378 e. The molecule has 1 aliphatic carbocycles. The molecule has 7 heteroatoms. The van der Waals surface area contributed by atoms with Crippen molar-refractivity contribution < 1.29 is 4.79 Å². The smallest absolute Gasteiger partial charge is 0.347 e. The van der Waals surface area contributed by atoms with E-state index in [1.54, 1.807) is 4.57 Å². The number of nitrogens with one attached hydrogen (secondary N) is 1. The Morgan fingerprint density at radius 1 is 1.03 bits per heavy atom. The normalized spacial score (nSPS) is 18.2. The summed E-state index contributed by atoms with van der Waals surface area (Å²) < 4.78 is 1.66. The Bertz CT molecular complexity index is 1160. The van der Waals surface area contributed by atoms with E-state index in [1.807, 2.05) is 43.3 Å². The van der Waals surface area contributed by atoms with Crippen molar-refractivity contribution in [1.82, 2.24) is 19.7 Å². The van der Waals surface area contributed by atoms with Gasteiger partial charge in [0.25, 0.3) is 0 Å². The van der Waals surface area contributed by atoms with Crippen LogP contribution in [0.15, 0.2) is 53.3 Å². The Kier molecular flexibility index (Phi) is 5.33. The zero-order valence-electron chi connectivity index (χ0n) is 18.6. The standard InChI is InChI=1S/C25H29N5O2/c1-28(2)21-9-5-18(6-10-21)19-7-11-22(12-8-19)30-23(26-27-25(30)32)15-17-13-14-29(16-17)24(31)20-3-4-20/h5-12,17,20H,3-4,13-16H2,1-2H3,(H,27,32)/t17-/m0/s1. The van der Waals surface area contributed by atoms with Crippen molar-refractivity contribution >= 4 is 11.6 Å². The highest BCUT2D eigenvalue weighted by Gasteiger charge is 2.36. The molecule has 1 aromatic heterocycles. The van der Waals surface area contributed by atoms with E-state index in [9.17, 15) is 9.59 Å². The molecule has 2 heterocycles. The summed E-state index contributed by atoms with van der Waals surface area (Å²) in [5, 5.41) is 6.90. The molecule has 5 rings (SSSR count). The number of carbonyl (C=O) groups excluding carboxylic acids is 1. The van der Waals surface area contributed by atoms with Crippen molar-refractivity contribution in [3.8, 4) is 16.8 Å². The van der Waals surface area contributed by atoms with Crippen molar-refractivity contribution in [2.75, 3.05) is 32.1 Å². The number of anilines is 1. The van der Waals surface area contributed by atoms with Crippen LogP contribution in [0.2, 0.25) is 0 Å². The fraction of sp³-hybridized carbons (Fsp3) is 0.400. The summed E-state index contributed by atoms with van der Waals surface area (Å²) in [5.41, 5.74) is 3.96. The van der Waals surface area contributed by atoms with E-state index in [1.165, 1.54) is 0 Å². The Balaban J connectivity index is 1.32. The van der Waals surface area contributed by atoms with Crippen LogP contribution in [0, 0.1) is 11.8 Å². The van der Waals surface area contributed by atoms with Crippen molar-refractivity contribution in [2.24, 2.45) is 11.8 Å². The maximum Gasteiger partial charge on any atom is 0.347 e. The van der Waals surface area contributed by atoms with Gasteiger partial charge in [0, 0.05) is 45.2 Å². The molecule has 1 N–H and O–H groups in total. The molecule has 32 heavy (non-hydrogen) atoms. The van der Waals surface area contributed by atoms with Gasteiger partial charge in [-0.2, -0.15) is 5.10 Å². The number of likely N-dealkylation sites (tertiary alicyclic amines) is 1. The summed E-state index contributed by atoms with van der Waals surface area (Å²) in [6.07, 6.45) is 3.71. The van der Waals surface area contributed by atoms with Gasteiger partial charge in [-0.15, -0.1) is 0 Å². The molecule has 2 aromatic carbocycles. The number of hydrogen-bond donors (Lipinski definition) is 1. The molecule has 1 aliphatic heterocycles. The average molecular weight is 432 g/mol. The first-order chi connectivity index (χ1) is 15.5. The minimum absolute atomic E-state index is 0.230. The lowest BCUT2D eigenvalue weighted by molar-refractivity contribution is -0.131. The van der Waals surface area contributed by atoms with Gasteiger partial charge in [0.15, 0.2) is 0 Å². The SMILES string of the molecule is CN(C)c1ccc(-c2ccc(-n3c(C[C@@H]4CCN(C(=O)C5CC5)C4)n[nH]c3=O)cc2)cc1. The van der Waals surface area contributed by atoms with Crippen LogP contribution >= 0.6 is 0 Å². The molecule has 1 saturated heterocycles. The van der Waals surface area contributed by atoms with Gasteiger partial charge in [-0.1, -0.05) is 24.3 Å². The highest BCUT2D eigenvalue weighted by Crippen LogP contribution is 2.33. The molecule has 0 bridgehead atoms. The lowest BCUT2D eigenvalue weighted by Gasteiger charge is -2.16. The predicted molar refractivity (Wildman–Crippen MR) is 125 cm³/mol. The molecule has 1 atom stereocenters. The zero-order chi connectivity index (χ0) is 22.2. The van der Waals surface area contributed by atoms with E-state index in [2.05, 4.69) is 39.4 Å². The van der Waals surface area contributed by atoms with Crippen molar-refractivity contribution in [2.45, 2.75) is 25.7 Å². The fourth-order valence-corrected chi connectivity index (χ4v) is 4.53. The quantitative estimate of drug-likeness (QED) is 0.651. The van der Waals surface area contributed by atoms with E-state index < -0.39 is 0 Å². The molecule has 0 spiro atoms. The van der Waals surface area contributed by atoms with Crippen LogP contribution in [0.25, 0.3) is 16.8 Å². The van der Waals surface area contributed by atoms with E-state index >= 15 is 0 Å². The van der Waals surface area contributed by atoms with Gasteiger partial charge in [0.2, 0.25) is 5.91 Å². The van der Waals surface area contributed by atoms with E-state index in [4.69, 9.17) is 0 Å². The number of aromatic nitrogens is 3. The number of benzene rings is 2. The second kappa shape index (κ2) is 8.30. The van der Waals surface area contributed by atoms with Gasteiger partial charge in [-0.25, -0.2) is 14.5 Å². The molecule has 1 saturated carbocycles. The van der Waals surface area contributed by atoms with Crippen LogP contribution in [0.4, 0.5) is 5.69 Å². The van der Waals surface area contributed by atoms with E-state index in [0.29, 0.717) is 18.2 Å². The van der Waals surface area contributed by atoms with Crippen molar-refractivity contribution in [3.63, 3.8) is 0 Å². The third kappa shape index (κ3) is 4.07. The molecule has 3 aromatic rings. The molecule has 7 nitrogen and oxygen atoms in total. The third-order valence-electron chi connectivity index (χ3n) is 6.58. The zero-order valence-corrected chi connectivity index (χ0v) is 18.6. The molecule has 166 valence electrons. The number of hydrogen-bond acceptors (Lipinski definition) is 4. The van der Waals surface area contributed by atoms with Crippen LogP contribution < -0.4 is 10.6 Å². The largest absolute Gasteiger partial charge is 0.378 e.